The molecule has 148 valence electrons. The largest absolute Gasteiger partial charge is 0.416 e. The highest BCUT2D eigenvalue weighted by molar-refractivity contribution is 7.98. The summed E-state index contributed by atoms with van der Waals surface area (Å²) in [5, 5.41) is 1.85. The molecule has 0 unspecified atom stereocenters. The lowest BCUT2D eigenvalue weighted by Crippen LogP contribution is -2.04. The van der Waals surface area contributed by atoms with E-state index in [2.05, 4.69) is 22.9 Å². The molecular formula is C23H17ClF3NS. The summed E-state index contributed by atoms with van der Waals surface area (Å²) >= 11 is 7.94. The summed E-state index contributed by atoms with van der Waals surface area (Å²) in [5.74, 6) is 0.595. The second-order valence-corrected chi connectivity index (χ2v) is 8.14. The van der Waals surface area contributed by atoms with E-state index in [1.54, 1.807) is 23.9 Å². The molecule has 3 aromatic carbocycles. The summed E-state index contributed by atoms with van der Waals surface area (Å²) in [6.07, 6.45) is -2.22. The van der Waals surface area contributed by atoms with Gasteiger partial charge in [-0.2, -0.15) is 13.2 Å². The van der Waals surface area contributed by atoms with Gasteiger partial charge in [0.15, 0.2) is 0 Å². The van der Waals surface area contributed by atoms with E-state index in [0.29, 0.717) is 12.3 Å². The number of alkyl halides is 3. The molecule has 0 radical (unpaired) electrons. The number of nitrogens with zero attached hydrogens (tertiary/aromatic N) is 1. The van der Waals surface area contributed by atoms with Gasteiger partial charge in [-0.15, -0.1) is 11.8 Å². The average molecular weight is 432 g/mol. The summed E-state index contributed by atoms with van der Waals surface area (Å²) in [5.41, 5.74) is 2.37. The van der Waals surface area contributed by atoms with Gasteiger partial charge in [0.1, 0.15) is 0 Å². The van der Waals surface area contributed by atoms with Crippen LogP contribution >= 0.6 is 23.4 Å². The molecule has 29 heavy (non-hydrogen) atoms. The Hall–Kier alpha value is -2.37. The molecule has 0 amide bonds. The van der Waals surface area contributed by atoms with Crippen molar-refractivity contribution >= 4 is 34.3 Å². The quantitative estimate of drug-likeness (QED) is 0.294. The Labute approximate surface area is 176 Å². The normalized spacial score (nSPS) is 11.9. The number of fused-ring (bicyclic) bond motifs is 1. The number of thioether (sulfide) groups is 1. The van der Waals surface area contributed by atoms with Gasteiger partial charge < -0.3 is 4.57 Å². The standard InChI is InChI=1S/C23H17ClF3NS/c24-20-7-3-1-5-17(20)13-28-14-22(19-6-2-4-8-21(19)28)29-15-16-9-11-18(12-10-16)23(25,26)27/h1-12,14H,13,15H2. The van der Waals surface area contributed by atoms with Crippen LogP contribution in [-0.2, 0) is 18.5 Å². The van der Waals surface area contributed by atoms with Gasteiger partial charge in [0.05, 0.1) is 5.56 Å². The fourth-order valence-corrected chi connectivity index (χ4v) is 4.46. The Kier molecular flexibility index (Phi) is 5.61. The van der Waals surface area contributed by atoms with Gasteiger partial charge >= 0.3 is 6.18 Å². The van der Waals surface area contributed by atoms with Gasteiger partial charge in [0, 0.05) is 39.3 Å². The molecule has 0 N–H and O–H groups in total. The van der Waals surface area contributed by atoms with E-state index in [0.717, 1.165) is 44.1 Å². The monoisotopic (exact) mass is 431 g/mol. The summed E-state index contributed by atoms with van der Waals surface area (Å²) < 4.78 is 40.4. The zero-order valence-electron chi connectivity index (χ0n) is 15.3. The van der Waals surface area contributed by atoms with Gasteiger partial charge in [0.2, 0.25) is 0 Å². The highest BCUT2D eigenvalue weighted by Crippen LogP contribution is 2.34. The molecule has 0 aliphatic heterocycles. The molecule has 1 aromatic heterocycles. The van der Waals surface area contributed by atoms with Crippen molar-refractivity contribution in [2.45, 2.75) is 23.4 Å². The molecule has 4 aromatic rings. The van der Waals surface area contributed by atoms with Crippen LogP contribution in [0.4, 0.5) is 13.2 Å². The average Bonchev–Trinajstić information content (AvgIpc) is 3.06. The van der Waals surface area contributed by atoms with Gasteiger partial charge in [-0.1, -0.05) is 60.1 Å². The van der Waals surface area contributed by atoms with E-state index in [1.165, 1.54) is 0 Å². The first-order valence-electron chi connectivity index (χ1n) is 9.02. The highest BCUT2D eigenvalue weighted by Gasteiger charge is 2.29. The third-order valence-electron chi connectivity index (χ3n) is 4.73. The molecule has 4 rings (SSSR count). The highest BCUT2D eigenvalue weighted by atomic mass is 35.5. The number of halogens is 4. The van der Waals surface area contributed by atoms with Crippen molar-refractivity contribution < 1.29 is 13.2 Å². The Morgan fingerprint density at radius 2 is 1.55 bits per heavy atom. The summed E-state index contributed by atoms with van der Waals surface area (Å²) in [6, 6.07) is 21.2. The maximum absolute atomic E-state index is 12.7. The van der Waals surface area contributed by atoms with Crippen LogP contribution in [0, 0.1) is 0 Å². The Bertz CT molecular complexity index is 1130. The third-order valence-corrected chi connectivity index (χ3v) is 6.21. The first-order valence-corrected chi connectivity index (χ1v) is 10.4. The van der Waals surface area contributed by atoms with E-state index in [-0.39, 0.29) is 0 Å². The van der Waals surface area contributed by atoms with Gasteiger partial charge in [-0.25, -0.2) is 0 Å². The number of aromatic nitrogens is 1. The van der Waals surface area contributed by atoms with E-state index >= 15 is 0 Å². The predicted octanol–water partition coefficient (Wildman–Crippen LogP) is 7.65. The minimum atomic E-state index is -4.31. The minimum Gasteiger partial charge on any atom is -0.342 e. The Morgan fingerprint density at radius 1 is 0.862 bits per heavy atom. The number of hydrogen-bond acceptors (Lipinski definition) is 1. The second-order valence-electron chi connectivity index (χ2n) is 6.71. The molecule has 0 saturated carbocycles. The van der Waals surface area contributed by atoms with Crippen LogP contribution in [0.2, 0.25) is 5.02 Å². The Balaban J connectivity index is 1.57. The summed E-state index contributed by atoms with van der Waals surface area (Å²) in [7, 11) is 0. The fourth-order valence-electron chi connectivity index (χ4n) is 3.22. The lowest BCUT2D eigenvalue weighted by atomic mass is 10.1. The first kappa shape index (κ1) is 19.9. The summed E-state index contributed by atoms with van der Waals surface area (Å²) in [6.45, 7) is 0.654. The molecule has 0 saturated heterocycles. The number of para-hydroxylation sites is 1. The smallest absolute Gasteiger partial charge is 0.342 e. The molecule has 1 heterocycles. The molecule has 0 spiro atoms. The molecule has 0 aliphatic rings. The van der Waals surface area contributed by atoms with Gasteiger partial charge in [-0.05, 0) is 35.4 Å². The van der Waals surface area contributed by atoms with Crippen molar-refractivity contribution in [3.63, 3.8) is 0 Å². The van der Waals surface area contributed by atoms with Crippen molar-refractivity contribution in [2.75, 3.05) is 0 Å². The van der Waals surface area contributed by atoms with Crippen LogP contribution < -0.4 is 0 Å². The van der Waals surface area contributed by atoms with E-state index in [9.17, 15) is 13.2 Å². The lowest BCUT2D eigenvalue weighted by molar-refractivity contribution is -0.137. The molecule has 0 atom stereocenters. The van der Waals surface area contributed by atoms with Crippen molar-refractivity contribution in [3.05, 3.63) is 101 Å². The molecule has 6 heteroatoms. The number of rotatable bonds is 5. The third kappa shape index (κ3) is 4.46. The van der Waals surface area contributed by atoms with E-state index in [4.69, 9.17) is 11.6 Å². The van der Waals surface area contributed by atoms with Crippen LogP contribution in [0.5, 0.6) is 0 Å². The molecule has 0 aliphatic carbocycles. The van der Waals surface area contributed by atoms with Gasteiger partial charge in [0.25, 0.3) is 0 Å². The zero-order valence-corrected chi connectivity index (χ0v) is 16.9. The van der Waals surface area contributed by atoms with Crippen molar-refractivity contribution in [1.29, 1.82) is 0 Å². The number of hydrogen-bond donors (Lipinski definition) is 0. The SMILES string of the molecule is FC(F)(F)c1ccc(CSc2cn(Cc3ccccc3Cl)c3ccccc23)cc1. The molecule has 1 nitrogen and oxygen atoms in total. The molecular weight excluding hydrogens is 415 g/mol. The number of benzene rings is 3. The molecule has 0 fully saturated rings. The minimum absolute atomic E-state index is 0.595. The fraction of sp³-hybridized carbons (Fsp3) is 0.130. The summed E-state index contributed by atoms with van der Waals surface area (Å²) in [4.78, 5) is 1.09. The zero-order chi connectivity index (χ0) is 20.4. The Morgan fingerprint density at radius 3 is 2.28 bits per heavy atom. The van der Waals surface area contributed by atoms with Crippen LogP contribution in [0.3, 0.4) is 0 Å². The first-order chi connectivity index (χ1) is 13.9. The maximum atomic E-state index is 12.7. The van der Waals surface area contributed by atoms with Crippen LogP contribution in [0.15, 0.2) is 83.9 Å². The predicted molar refractivity (Wildman–Crippen MR) is 113 cm³/mol. The molecule has 0 bridgehead atoms. The second kappa shape index (κ2) is 8.17. The van der Waals surface area contributed by atoms with Gasteiger partial charge in [-0.3, -0.25) is 0 Å². The van der Waals surface area contributed by atoms with Crippen molar-refractivity contribution in [2.24, 2.45) is 0 Å². The topological polar surface area (TPSA) is 4.93 Å². The van der Waals surface area contributed by atoms with Crippen LogP contribution in [-0.4, -0.2) is 4.57 Å². The van der Waals surface area contributed by atoms with Crippen LogP contribution in [0.25, 0.3) is 10.9 Å². The van der Waals surface area contributed by atoms with Crippen molar-refractivity contribution in [3.8, 4) is 0 Å². The van der Waals surface area contributed by atoms with Crippen LogP contribution in [0.1, 0.15) is 16.7 Å². The van der Waals surface area contributed by atoms with Crippen molar-refractivity contribution in [1.82, 2.24) is 4.57 Å². The van der Waals surface area contributed by atoms with E-state index in [1.807, 2.05) is 36.4 Å². The van der Waals surface area contributed by atoms with E-state index < -0.39 is 11.7 Å². The lowest BCUT2D eigenvalue weighted by Gasteiger charge is -2.07. The maximum Gasteiger partial charge on any atom is 0.416 e.